The van der Waals surface area contributed by atoms with Crippen LogP contribution in [-0.2, 0) is 4.79 Å². The van der Waals surface area contributed by atoms with Crippen molar-refractivity contribution in [3.63, 3.8) is 0 Å². The van der Waals surface area contributed by atoms with Gasteiger partial charge in [0.2, 0.25) is 5.91 Å². The molecule has 1 saturated heterocycles. The lowest BCUT2D eigenvalue weighted by Crippen LogP contribution is -2.42. The van der Waals surface area contributed by atoms with Crippen LogP contribution in [0.5, 0.6) is 0 Å². The van der Waals surface area contributed by atoms with E-state index in [4.69, 9.17) is 5.73 Å². The molecule has 2 fully saturated rings. The maximum absolute atomic E-state index is 14.1. The Hall–Kier alpha value is -1.42. The predicted molar refractivity (Wildman–Crippen MR) is 75.5 cm³/mol. The van der Waals surface area contributed by atoms with Crippen LogP contribution < -0.4 is 5.73 Å². The summed E-state index contributed by atoms with van der Waals surface area (Å²) >= 11 is 0. The van der Waals surface area contributed by atoms with Crippen LogP contribution in [0.15, 0.2) is 24.3 Å². The number of benzene rings is 1. The van der Waals surface area contributed by atoms with Crippen LogP contribution in [0.1, 0.15) is 50.1 Å². The zero-order valence-corrected chi connectivity index (χ0v) is 11.6. The van der Waals surface area contributed by atoms with Gasteiger partial charge in [-0.3, -0.25) is 4.79 Å². The second-order valence-electron chi connectivity index (χ2n) is 5.93. The zero-order valence-electron chi connectivity index (χ0n) is 11.6. The van der Waals surface area contributed by atoms with Gasteiger partial charge >= 0.3 is 0 Å². The van der Waals surface area contributed by atoms with Crippen molar-refractivity contribution in [1.29, 1.82) is 0 Å². The normalized spacial score (nSPS) is 28.1. The first-order chi connectivity index (χ1) is 9.68. The van der Waals surface area contributed by atoms with Gasteiger partial charge in [-0.15, -0.1) is 0 Å². The van der Waals surface area contributed by atoms with Gasteiger partial charge in [0.15, 0.2) is 0 Å². The van der Waals surface area contributed by atoms with E-state index in [0.717, 1.165) is 25.7 Å². The van der Waals surface area contributed by atoms with Crippen molar-refractivity contribution in [1.82, 2.24) is 4.90 Å². The van der Waals surface area contributed by atoms with Crippen molar-refractivity contribution < 1.29 is 9.18 Å². The van der Waals surface area contributed by atoms with Crippen molar-refractivity contribution in [3.8, 4) is 0 Å². The average Bonchev–Trinajstić information content (AvgIpc) is 2.75. The summed E-state index contributed by atoms with van der Waals surface area (Å²) in [4.78, 5) is 14.2. The minimum Gasteiger partial charge on any atom is -0.331 e. The molecule has 0 aromatic heterocycles. The Morgan fingerprint density at radius 2 is 1.85 bits per heavy atom. The molecule has 2 atom stereocenters. The highest BCUT2D eigenvalue weighted by molar-refractivity contribution is 5.80. The molecule has 2 aliphatic rings. The van der Waals surface area contributed by atoms with Gasteiger partial charge in [-0.2, -0.15) is 0 Å². The number of nitrogens with two attached hydrogens (primary N) is 1. The molecule has 0 spiro atoms. The fourth-order valence-corrected chi connectivity index (χ4v) is 3.67. The number of carbonyl (C=O) groups excluding carboxylic acids is 1. The molecule has 1 amide bonds. The largest absolute Gasteiger partial charge is 0.331 e. The lowest BCUT2D eigenvalue weighted by Gasteiger charge is -2.37. The third kappa shape index (κ3) is 2.33. The minimum atomic E-state index is -0.304. The number of rotatable bonds is 2. The Balaban J connectivity index is 1.93. The first-order valence-corrected chi connectivity index (χ1v) is 7.49. The summed E-state index contributed by atoms with van der Waals surface area (Å²) in [6.07, 6.45) is 5.89. The van der Waals surface area contributed by atoms with E-state index in [1.807, 2.05) is 11.0 Å². The molecule has 1 aromatic rings. The lowest BCUT2D eigenvalue weighted by molar-refractivity contribution is -0.132. The van der Waals surface area contributed by atoms with E-state index >= 15 is 0 Å². The quantitative estimate of drug-likeness (QED) is 0.902. The van der Waals surface area contributed by atoms with Crippen LogP contribution in [0.25, 0.3) is 0 Å². The molecule has 2 N–H and O–H groups in total. The smallest absolute Gasteiger partial charge is 0.225 e. The van der Waals surface area contributed by atoms with Crippen molar-refractivity contribution in [2.45, 2.75) is 56.7 Å². The first-order valence-electron chi connectivity index (χ1n) is 7.49. The molecule has 108 valence electrons. The maximum atomic E-state index is 14.1. The highest BCUT2D eigenvalue weighted by Gasteiger charge is 2.43. The number of hydrogen-bond acceptors (Lipinski definition) is 2. The Kier molecular flexibility index (Phi) is 3.74. The van der Waals surface area contributed by atoms with E-state index in [0.29, 0.717) is 12.0 Å². The SMILES string of the molecule is NC1CC(=O)N(C2CCCCC2)C1c1ccccc1F. The summed E-state index contributed by atoms with van der Waals surface area (Å²) in [7, 11) is 0. The topological polar surface area (TPSA) is 46.3 Å². The molecule has 0 radical (unpaired) electrons. The Bertz CT molecular complexity index is 499. The fourth-order valence-electron chi connectivity index (χ4n) is 3.67. The fraction of sp³-hybridized carbons (Fsp3) is 0.562. The Labute approximate surface area is 118 Å². The molecule has 2 unspecified atom stereocenters. The molecule has 1 heterocycles. The van der Waals surface area contributed by atoms with Crippen LogP contribution >= 0.6 is 0 Å². The van der Waals surface area contributed by atoms with Crippen LogP contribution in [0.3, 0.4) is 0 Å². The van der Waals surface area contributed by atoms with Gasteiger partial charge < -0.3 is 10.6 Å². The molecule has 3 nitrogen and oxygen atoms in total. The monoisotopic (exact) mass is 276 g/mol. The van der Waals surface area contributed by atoms with E-state index in [1.165, 1.54) is 12.5 Å². The second-order valence-corrected chi connectivity index (χ2v) is 5.93. The van der Waals surface area contributed by atoms with E-state index < -0.39 is 0 Å². The first kappa shape index (κ1) is 13.6. The van der Waals surface area contributed by atoms with Crippen molar-refractivity contribution >= 4 is 5.91 Å². The number of halogens is 1. The maximum Gasteiger partial charge on any atom is 0.225 e. The van der Waals surface area contributed by atoms with E-state index in [9.17, 15) is 9.18 Å². The Morgan fingerprint density at radius 1 is 1.15 bits per heavy atom. The van der Waals surface area contributed by atoms with Crippen molar-refractivity contribution in [2.75, 3.05) is 0 Å². The second kappa shape index (κ2) is 5.52. The number of carbonyl (C=O) groups is 1. The molecule has 1 aliphatic carbocycles. The molecule has 4 heteroatoms. The van der Waals surface area contributed by atoms with Crippen LogP contribution in [0.4, 0.5) is 4.39 Å². The van der Waals surface area contributed by atoms with Crippen LogP contribution in [0.2, 0.25) is 0 Å². The third-order valence-corrected chi connectivity index (χ3v) is 4.60. The summed E-state index contributed by atoms with van der Waals surface area (Å²) in [5, 5.41) is 0. The lowest BCUT2D eigenvalue weighted by atomic mass is 9.92. The predicted octanol–water partition coefficient (Wildman–Crippen LogP) is 2.76. The van der Waals surface area contributed by atoms with Gasteiger partial charge in [-0.25, -0.2) is 4.39 Å². The van der Waals surface area contributed by atoms with E-state index in [-0.39, 0.29) is 29.8 Å². The third-order valence-electron chi connectivity index (χ3n) is 4.60. The standard InChI is InChI=1S/C16H21FN2O/c17-13-9-5-4-8-12(13)16-14(18)10-15(20)19(16)11-6-2-1-3-7-11/h4-5,8-9,11,14,16H,1-3,6-7,10,18H2. The van der Waals surface area contributed by atoms with Gasteiger partial charge in [0.1, 0.15) is 5.82 Å². The number of hydrogen-bond donors (Lipinski definition) is 1. The molecule has 1 aliphatic heterocycles. The summed E-state index contributed by atoms with van der Waals surface area (Å²) in [5.41, 5.74) is 6.70. The van der Waals surface area contributed by atoms with Crippen LogP contribution in [0, 0.1) is 5.82 Å². The molecule has 1 saturated carbocycles. The van der Waals surface area contributed by atoms with Gasteiger partial charge in [-0.05, 0) is 18.9 Å². The summed E-state index contributed by atoms with van der Waals surface area (Å²) < 4.78 is 14.1. The van der Waals surface area contributed by atoms with Crippen molar-refractivity contribution in [3.05, 3.63) is 35.6 Å². The molecule has 1 aromatic carbocycles. The van der Waals surface area contributed by atoms with Gasteiger partial charge in [0, 0.05) is 24.1 Å². The number of amides is 1. The van der Waals surface area contributed by atoms with Gasteiger partial charge in [0.05, 0.1) is 6.04 Å². The molecule has 20 heavy (non-hydrogen) atoms. The van der Waals surface area contributed by atoms with E-state index in [1.54, 1.807) is 12.1 Å². The summed E-state index contributed by atoms with van der Waals surface area (Å²) in [6, 6.07) is 6.32. The van der Waals surface area contributed by atoms with Gasteiger partial charge in [-0.1, -0.05) is 37.5 Å². The van der Waals surface area contributed by atoms with Crippen LogP contribution in [-0.4, -0.2) is 22.9 Å². The highest BCUT2D eigenvalue weighted by Crippen LogP contribution is 2.38. The minimum absolute atomic E-state index is 0.0812. The number of nitrogens with zero attached hydrogens (tertiary/aromatic N) is 1. The molecular formula is C16H21FN2O. The molecular weight excluding hydrogens is 255 g/mol. The van der Waals surface area contributed by atoms with E-state index in [2.05, 4.69) is 0 Å². The average molecular weight is 276 g/mol. The Morgan fingerprint density at radius 3 is 2.55 bits per heavy atom. The van der Waals surface area contributed by atoms with Gasteiger partial charge in [0.25, 0.3) is 0 Å². The highest BCUT2D eigenvalue weighted by atomic mass is 19.1. The van der Waals surface area contributed by atoms with Crippen molar-refractivity contribution in [2.24, 2.45) is 5.73 Å². The molecule has 0 bridgehead atoms. The summed E-state index contributed by atoms with van der Waals surface area (Å²) in [6.45, 7) is 0. The summed E-state index contributed by atoms with van der Waals surface area (Å²) in [5.74, 6) is -0.180. The molecule has 3 rings (SSSR count). The number of likely N-dealkylation sites (tertiary alicyclic amines) is 1. The zero-order chi connectivity index (χ0) is 14.1.